The van der Waals surface area contributed by atoms with Gasteiger partial charge in [-0.1, -0.05) is 0 Å². The summed E-state index contributed by atoms with van der Waals surface area (Å²) in [4.78, 5) is 16.2. The maximum atomic E-state index is 5.52. The smallest absolute Gasteiger partial charge is 0.183 e. The summed E-state index contributed by atoms with van der Waals surface area (Å²) in [5.74, 6) is 4.04. The molecule has 2 N–H and O–H groups in total. The predicted octanol–water partition coefficient (Wildman–Crippen LogP) is 2.48. The molecule has 0 saturated heterocycles. The number of hydrogen-bond acceptors (Lipinski definition) is 5. The van der Waals surface area contributed by atoms with Crippen molar-refractivity contribution in [1.82, 2.24) is 19.9 Å². The van der Waals surface area contributed by atoms with Gasteiger partial charge in [0.2, 0.25) is 0 Å². The minimum Gasteiger partial charge on any atom is -0.465 e. The van der Waals surface area contributed by atoms with E-state index in [9.17, 15) is 0 Å². The molecule has 0 aliphatic heterocycles. The van der Waals surface area contributed by atoms with E-state index in [1.165, 1.54) is 0 Å². The van der Waals surface area contributed by atoms with Gasteiger partial charge >= 0.3 is 0 Å². The standard InChI is InChI=1S/C13H15N5O/c1-7-4-5-10(19-7)6-14-12-11-13(17-8(2)15-11)18-9(3)16-12/h4-5H,6H2,1-3H3,(H2,14,15,16,17,18). The van der Waals surface area contributed by atoms with Gasteiger partial charge in [-0.2, -0.15) is 0 Å². The molecule has 0 atom stereocenters. The van der Waals surface area contributed by atoms with Crippen molar-refractivity contribution in [2.75, 3.05) is 5.32 Å². The van der Waals surface area contributed by atoms with Crippen molar-refractivity contribution < 1.29 is 4.42 Å². The third-order valence-electron chi connectivity index (χ3n) is 2.81. The summed E-state index contributed by atoms with van der Waals surface area (Å²) in [6.07, 6.45) is 0. The lowest BCUT2D eigenvalue weighted by Crippen LogP contribution is -2.03. The largest absolute Gasteiger partial charge is 0.465 e. The normalized spacial score (nSPS) is 11.1. The van der Waals surface area contributed by atoms with Crippen LogP contribution in [0, 0.1) is 20.8 Å². The predicted molar refractivity (Wildman–Crippen MR) is 71.9 cm³/mol. The maximum absolute atomic E-state index is 5.52. The van der Waals surface area contributed by atoms with E-state index in [0.717, 1.165) is 28.7 Å². The van der Waals surface area contributed by atoms with E-state index in [4.69, 9.17) is 4.42 Å². The van der Waals surface area contributed by atoms with Crippen molar-refractivity contribution in [2.24, 2.45) is 0 Å². The van der Waals surface area contributed by atoms with Crippen molar-refractivity contribution in [2.45, 2.75) is 27.3 Å². The number of H-pyrrole nitrogens is 1. The molecule has 0 bridgehead atoms. The number of hydrogen-bond donors (Lipinski definition) is 2. The van der Waals surface area contributed by atoms with Crippen molar-refractivity contribution in [3.8, 4) is 0 Å². The van der Waals surface area contributed by atoms with Crippen LogP contribution >= 0.6 is 0 Å². The summed E-state index contributed by atoms with van der Waals surface area (Å²) in [7, 11) is 0. The Hall–Kier alpha value is -2.37. The van der Waals surface area contributed by atoms with Gasteiger partial charge in [0.1, 0.15) is 28.7 Å². The number of aryl methyl sites for hydroxylation is 3. The summed E-state index contributed by atoms with van der Waals surface area (Å²) < 4.78 is 5.52. The molecule has 6 nitrogen and oxygen atoms in total. The van der Waals surface area contributed by atoms with Crippen LogP contribution in [0.25, 0.3) is 11.2 Å². The van der Waals surface area contributed by atoms with Crippen molar-refractivity contribution in [3.63, 3.8) is 0 Å². The maximum Gasteiger partial charge on any atom is 0.183 e. The molecule has 0 aliphatic rings. The number of imidazole rings is 1. The van der Waals surface area contributed by atoms with Gasteiger partial charge in [0.15, 0.2) is 11.5 Å². The number of nitrogens with one attached hydrogen (secondary N) is 2. The number of anilines is 1. The van der Waals surface area contributed by atoms with Gasteiger partial charge in [-0.15, -0.1) is 0 Å². The second-order valence-electron chi connectivity index (χ2n) is 4.51. The third-order valence-corrected chi connectivity index (χ3v) is 2.81. The number of aromatic nitrogens is 4. The highest BCUT2D eigenvalue weighted by molar-refractivity contribution is 5.82. The SMILES string of the molecule is Cc1nc(NCc2ccc(C)o2)c2[nH]c(C)nc2n1. The monoisotopic (exact) mass is 257 g/mol. The molecule has 3 aromatic rings. The summed E-state index contributed by atoms with van der Waals surface area (Å²) in [6, 6.07) is 3.89. The highest BCUT2D eigenvalue weighted by Gasteiger charge is 2.10. The highest BCUT2D eigenvalue weighted by Crippen LogP contribution is 2.19. The second kappa shape index (κ2) is 4.38. The van der Waals surface area contributed by atoms with Gasteiger partial charge in [0.25, 0.3) is 0 Å². The Balaban J connectivity index is 1.91. The summed E-state index contributed by atoms with van der Waals surface area (Å²) >= 11 is 0. The second-order valence-corrected chi connectivity index (χ2v) is 4.51. The van der Waals surface area contributed by atoms with Gasteiger partial charge in [-0.05, 0) is 32.9 Å². The fourth-order valence-corrected chi connectivity index (χ4v) is 2.00. The van der Waals surface area contributed by atoms with E-state index in [1.54, 1.807) is 0 Å². The molecule has 0 aliphatic carbocycles. The number of furan rings is 1. The quantitative estimate of drug-likeness (QED) is 0.753. The van der Waals surface area contributed by atoms with Crippen LogP contribution in [0.5, 0.6) is 0 Å². The zero-order valence-corrected chi connectivity index (χ0v) is 11.1. The van der Waals surface area contributed by atoms with E-state index in [2.05, 4.69) is 25.3 Å². The minimum absolute atomic E-state index is 0.581. The van der Waals surface area contributed by atoms with E-state index < -0.39 is 0 Å². The van der Waals surface area contributed by atoms with E-state index in [0.29, 0.717) is 18.0 Å². The van der Waals surface area contributed by atoms with Crippen molar-refractivity contribution in [3.05, 3.63) is 35.3 Å². The molecule has 0 radical (unpaired) electrons. The molecule has 0 unspecified atom stereocenters. The highest BCUT2D eigenvalue weighted by atomic mass is 16.3. The molecule has 0 saturated carbocycles. The molecular formula is C13H15N5O. The first kappa shape index (κ1) is 11.7. The fourth-order valence-electron chi connectivity index (χ4n) is 2.00. The number of nitrogens with zero attached hydrogens (tertiary/aromatic N) is 3. The van der Waals surface area contributed by atoms with E-state index >= 15 is 0 Å². The Kier molecular flexibility index (Phi) is 2.70. The van der Waals surface area contributed by atoms with Crippen LogP contribution in [0.2, 0.25) is 0 Å². The van der Waals surface area contributed by atoms with Crippen LogP contribution in [0.3, 0.4) is 0 Å². The average molecular weight is 257 g/mol. The summed E-state index contributed by atoms with van der Waals surface area (Å²) in [5.41, 5.74) is 1.51. The summed E-state index contributed by atoms with van der Waals surface area (Å²) in [5, 5.41) is 3.26. The van der Waals surface area contributed by atoms with Crippen LogP contribution in [0.15, 0.2) is 16.5 Å². The number of fused-ring (bicyclic) bond motifs is 1. The zero-order chi connectivity index (χ0) is 13.4. The van der Waals surface area contributed by atoms with Gasteiger partial charge in [0, 0.05) is 0 Å². The molecule has 3 aromatic heterocycles. The van der Waals surface area contributed by atoms with E-state index in [-0.39, 0.29) is 0 Å². The lowest BCUT2D eigenvalue weighted by Gasteiger charge is -2.05. The third kappa shape index (κ3) is 2.29. The number of rotatable bonds is 3. The first-order valence-electron chi connectivity index (χ1n) is 6.12. The van der Waals surface area contributed by atoms with Crippen molar-refractivity contribution >= 4 is 17.0 Å². The topological polar surface area (TPSA) is 79.6 Å². The first-order chi connectivity index (χ1) is 9.11. The Morgan fingerprint density at radius 2 is 2.00 bits per heavy atom. The Morgan fingerprint density at radius 3 is 2.74 bits per heavy atom. The molecule has 3 rings (SSSR count). The molecule has 98 valence electrons. The van der Waals surface area contributed by atoms with Crippen LogP contribution in [-0.2, 0) is 6.54 Å². The first-order valence-corrected chi connectivity index (χ1v) is 6.12. The van der Waals surface area contributed by atoms with Crippen molar-refractivity contribution in [1.29, 1.82) is 0 Å². The fraction of sp³-hybridized carbons (Fsp3) is 0.308. The number of aromatic amines is 1. The van der Waals surface area contributed by atoms with Gasteiger partial charge in [0.05, 0.1) is 6.54 Å². The van der Waals surface area contributed by atoms with Gasteiger partial charge in [-0.3, -0.25) is 0 Å². The Bertz CT molecular complexity index is 728. The van der Waals surface area contributed by atoms with Crippen LogP contribution in [0.1, 0.15) is 23.2 Å². The molecule has 0 amide bonds. The molecule has 3 heterocycles. The molecule has 6 heteroatoms. The molecule has 19 heavy (non-hydrogen) atoms. The molecule has 0 aromatic carbocycles. The van der Waals surface area contributed by atoms with Crippen LogP contribution < -0.4 is 5.32 Å². The zero-order valence-electron chi connectivity index (χ0n) is 11.1. The van der Waals surface area contributed by atoms with Gasteiger partial charge < -0.3 is 14.7 Å². The molecule has 0 spiro atoms. The summed E-state index contributed by atoms with van der Waals surface area (Å²) in [6.45, 7) is 6.26. The molecular weight excluding hydrogens is 242 g/mol. The Morgan fingerprint density at radius 1 is 1.16 bits per heavy atom. The van der Waals surface area contributed by atoms with Gasteiger partial charge in [-0.25, -0.2) is 15.0 Å². The lowest BCUT2D eigenvalue weighted by molar-refractivity contribution is 0.490. The minimum atomic E-state index is 0.581. The molecule has 0 fully saturated rings. The van der Waals surface area contributed by atoms with Crippen LogP contribution in [-0.4, -0.2) is 19.9 Å². The lowest BCUT2D eigenvalue weighted by atomic mass is 10.4. The van der Waals surface area contributed by atoms with E-state index in [1.807, 2.05) is 32.9 Å². The average Bonchev–Trinajstić information content (AvgIpc) is 2.91. The van der Waals surface area contributed by atoms with Crippen LogP contribution in [0.4, 0.5) is 5.82 Å². The Labute approximate surface area is 110 Å².